The second-order valence-electron chi connectivity index (χ2n) is 10.3. The van der Waals surface area contributed by atoms with Gasteiger partial charge in [-0.05, 0) is 46.8 Å². The quantitative estimate of drug-likeness (QED) is 0.231. The van der Waals surface area contributed by atoms with Crippen LogP contribution in [0.4, 0.5) is 4.39 Å². The topological polar surface area (TPSA) is 181 Å². The fourth-order valence-corrected chi connectivity index (χ4v) is 5.63. The summed E-state index contributed by atoms with van der Waals surface area (Å²) in [6.07, 6.45) is -4.91. The average molecular weight is 628 g/mol. The second kappa shape index (κ2) is 14.2. The molecule has 0 bridgehead atoms. The van der Waals surface area contributed by atoms with Crippen LogP contribution in [0.5, 0.6) is 5.75 Å². The maximum atomic E-state index is 16.4. The van der Waals surface area contributed by atoms with Crippen molar-refractivity contribution in [3.05, 3.63) is 63.4 Å². The van der Waals surface area contributed by atoms with Gasteiger partial charge in [0.15, 0.2) is 18.0 Å². The van der Waals surface area contributed by atoms with E-state index in [0.29, 0.717) is 0 Å². The summed E-state index contributed by atoms with van der Waals surface area (Å²) in [5.41, 5.74) is -4.32. The minimum Gasteiger partial charge on any atom is -0.462 e. The van der Waals surface area contributed by atoms with E-state index in [4.69, 9.17) is 23.3 Å². The van der Waals surface area contributed by atoms with Crippen molar-refractivity contribution in [2.75, 3.05) is 6.61 Å². The Morgan fingerprint density at radius 1 is 1.14 bits per heavy atom. The van der Waals surface area contributed by atoms with E-state index >= 15 is 4.39 Å². The van der Waals surface area contributed by atoms with Gasteiger partial charge in [-0.15, -0.1) is 0 Å². The number of halogens is 1. The minimum atomic E-state index is -4.44. The molecular formula is C27H35FN3O11P. The average Bonchev–Trinajstić information content (AvgIpc) is 3.15. The molecule has 0 radical (unpaired) electrons. The van der Waals surface area contributed by atoms with E-state index in [1.165, 1.54) is 26.0 Å². The number of benzene rings is 1. The first-order chi connectivity index (χ1) is 20.1. The number of para-hydroxylation sites is 1. The fourth-order valence-electron chi connectivity index (χ4n) is 4.13. The van der Waals surface area contributed by atoms with Gasteiger partial charge in [0, 0.05) is 18.7 Å². The van der Waals surface area contributed by atoms with Crippen molar-refractivity contribution in [1.29, 1.82) is 0 Å². The van der Waals surface area contributed by atoms with Crippen LogP contribution < -0.4 is 20.9 Å². The van der Waals surface area contributed by atoms with Crippen molar-refractivity contribution in [3.63, 3.8) is 0 Å². The monoisotopic (exact) mass is 627 g/mol. The summed E-state index contributed by atoms with van der Waals surface area (Å²) in [5.74, 6) is -1.87. The summed E-state index contributed by atoms with van der Waals surface area (Å²) in [5, 5.41) is 2.49. The number of alkyl halides is 1. The molecule has 14 nitrogen and oxygen atoms in total. The van der Waals surface area contributed by atoms with Crippen molar-refractivity contribution in [2.24, 2.45) is 0 Å². The van der Waals surface area contributed by atoms with Crippen molar-refractivity contribution in [3.8, 4) is 5.75 Å². The lowest BCUT2D eigenvalue weighted by atomic mass is 9.98. The van der Waals surface area contributed by atoms with Crippen LogP contribution in [-0.4, -0.2) is 63.9 Å². The third-order valence-corrected chi connectivity index (χ3v) is 7.80. The SMILES string of the molecule is CC(=O)CCC(=O)OC1C(CO[P@](=O)(NC(C)C(=O)OC(C)C)Oc2ccccc2)OC(n2ccc(=O)[nH]c2=O)C1(C)F. The maximum absolute atomic E-state index is 16.4. The second-order valence-corrected chi connectivity index (χ2v) is 12.0. The largest absolute Gasteiger partial charge is 0.462 e. The van der Waals surface area contributed by atoms with Gasteiger partial charge in [0.25, 0.3) is 5.56 Å². The number of esters is 2. The molecule has 0 amide bonds. The molecule has 1 aromatic carbocycles. The van der Waals surface area contributed by atoms with Crippen LogP contribution in [0.1, 0.15) is 53.7 Å². The number of aromatic amines is 1. The van der Waals surface area contributed by atoms with Crippen LogP contribution in [-0.2, 0) is 37.7 Å². The molecule has 236 valence electrons. The first kappa shape index (κ1) is 33.8. The van der Waals surface area contributed by atoms with Crippen molar-refractivity contribution >= 4 is 25.5 Å². The van der Waals surface area contributed by atoms with Crippen LogP contribution in [0.3, 0.4) is 0 Å². The number of rotatable bonds is 14. The van der Waals surface area contributed by atoms with Gasteiger partial charge in [-0.25, -0.2) is 13.8 Å². The Morgan fingerprint density at radius 2 is 1.81 bits per heavy atom. The van der Waals surface area contributed by atoms with E-state index < -0.39 is 73.8 Å². The van der Waals surface area contributed by atoms with Gasteiger partial charge in [-0.2, -0.15) is 5.09 Å². The van der Waals surface area contributed by atoms with Crippen molar-refractivity contribution < 1.29 is 46.6 Å². The maximum Gasteiger partial charge on any atom is 0.459 e. The summed E-state index contributed by atoms with van der Waals surface area (Å²) >= 11 is 0. The highest BCUT2D eigenvalue weighted by atomic mass is 31.2. The first-order valence-electron chi connectivity index (χ1n) is 13.4. The highest BCUT2D eigenvalue weighted by Crippen LogP contribution is 2.48. The van der Waals surface area contributed by atoms with Crippen LogP contribution in [0, 0.1) is 0 Å². The third-order valence-electron chi connectivity index (χ3n) is 6.16. The Labute approximate surface area is 246 Å². The molecule has 5 unspecified atom stereocenters. The van der Waals surface area contributed by atoms with Crippen molar-refractivity contribution in [1.82, 2.24) is 14.6 Å². The molecule has 1 aliphatic rings. The zero-order valence-electron chi connectivity index (χ0n) is 24.3. The molecule has 16 heteroatoms. The van der Waals surface area contributed by atoms with Gasteiger partial charge < -0.3 is 23.5 Å². The van der Waals surface area contributed by atoms with E-state index in [9.17, 15) is 28.5 Å². The van der Waals surface area contributed by atoms with Crippen LogP contribution in [0.25, 0.3) is 0 Å². The highest BCUT2D eigenvalue weighted by Gasteiger charge is 2.58. The van der Waals surface area contributed by atoms with Crippen LogP contribution in [0.15, 0.2) is 52.2 Å². The summed E-state index contributed by atoms with van der Waals surface area (Å²) in [6, 6.07) is 7.66. The summed E-state index contributed by atoms with van der Waals surface area (Å²) in [4.78, 5) is 62.4. The number of nitrogens with zero attached hydrogens (tertiary/aromatic N) is 1. The van der Waals surface area contributed by atoms with E-state index in [-0.39, 0.29) is 24.4 Å². The summed E-state index contributed by atoms with van der Waals surface area (Å²) in [6.45, 7) is 6.21. The van der Waals surface area contributed by atoms with Gasteiger partial charge in [-0.3, -0.25) is 28.5 Å². The molecule has 43 heavy (non-hydrogen) atoms. The summed E-state index contributed by atoms with van der Waals surface area (Å²) < 4.78 is 58.5. The van der Waals surface area contributed by atoms with Gasteiger partial charge in [0.2, 0.25) is 0 Å². The first-order valence-corrected chi connectivity index (χ1v) is 15.0. The zero-order chi connectivity index (χ0) is 31.9. The number of ether oxygens (including phenoxy) is 3. The molecule has 2 N–H and O–H groups in total. The lowest BCUT2D eigenvalue weighted by Gasteiger charge is -2.28. The molecule has 1 fully saturated rings. The predicted molar refractivity (Wildman–Crippen MR) is 149 cm³/mol. The van der Waals surface area contributed by atoms with Gasteiger partial charge in [0.05, 0.1) is 19.1 Å². The molecule has 1 saturated heterocycles. The Bertz CT molecular complexity index is 1460. The number of hydrogen-bond acceptors (Lipinski definition) is 11. The normalized spacial score (nSPS) is 23.7. The van der Waals surface area contributed by atoms with E-state index in [1.807, 2.05) is 4.98 Å². The molecular weight excluding hydrogens is 592 g/mol. The van der Waals surface area contributed by atoms with Gasteiger partial charge in [0.1, 0.15) is 23.7 Å². The van der Waals surface area contributed by atoms with Gasteiger partial charge in [-0.1, -0.05) is 18.2 Å². The van der Waals surface area contributed by atoms with E-state index in [2.05, 4.69) is 5.09 Å². The number of carbonyl (C=O) groups excluding carboxylic acids is 3. The molecule has 1 aromatic heterocycles. The predicted octanol–water partition coefficient (Wildman–Crippen LogP) is 2.58. The van der Waals surface area contributed by atoms with E-state index in [0.717, 1.165) is 23.8 Å². The highest BCUT2D eigenvalue weighted by molar-refractivity contribution is 7.52. The lowest BCUT2D eigenvalue weighted by Crippen LogP contribution is -2.46. The Morgan fingerprint density at radius 3 is 2.42 bits per heavy atom. The molecule has 0 saturated carbocycles. The summed E-state index contributed by atoms with van der Waals surface area (Å²) in [7, 11) is -4.44. The minimum absolute atomic E-state index is 0.107. The lowest BCUT2D eigenvalue weighted by molar-refractivity contribution is -0.159. The molecule has 0 spiro atoms. The molecule has 1 aliphatic heterocycles. The Balaban J connectivity index is 1.92. The number of Topliss-reactive ketones (excluding diaryl/α,β-unsaturated/α-hetero) is 1. The number of nitrogens with one attached hydrogen (secondary N) is 2. The molecule has 6 atom stereocenters. The number of aromatic nitrogens is 2. The number of hydrogen-bond donors (Lipinski definition) is 2. The Hall–Kier alpha value is -3.65. The number of H-pyrrole nitrogens is 1. The molecule has 3 rings (SSSR count). The number of carbonyl (C=O) groups is 3. The molecule has 2 aromatic rings. The zero-order valence-corrected chi connectivity index (χ0v) is 25.2. The third kappa shape index (κ3) is 9.17. The van der Waals surface area contributed by atoms with Crippen molar-refractivity contribution in [2.45, 2.75) is 83.7 Å². The number of ketones is 1. The van der Waals surface area contributed by atoms with Crippen LogP contribution >= 0.6 is 7.75 Å². The standard InChI is InChI=1S/C27H35FN3O11P/c1-16(2)39-24(35)18(4)30-43(37,42-19-9-7-6-8-10-19)38-15-20-23(41-22(34)12-11-17(3)32)27(5,28)25(40-20)31-14-13-21(33)29-26(31)36/h6-10,13-14,16,18,20,23,25H,11-12,15H2,1-5H3,(H,30,37)(H,29,33,36)/t18?,20?,23?,25?,27?,43-/m1/s1. The molecule has 2 heterocycles. The Kier molecular flexibility index (Phi) is 11.2. The van der Waals surface area contributed by atoms with E-state index in [1.54, 1.807) is 32.0 Å². The fraction of sp³-hybridized carbons (Fsp3) is 0.519. The molecule has 0 aliphatic carbocycles. The smallest absolute Gasteiger partial charge is 0.459 e. The van der Waals surface area contributed by atoms with Crippen LogP contribution in [0.2, 0.25) is 0 Å². The van der Waals surface area contributed by atoms with Gasteiger partial charge >= 0.3 is 25.4 Å².